The number of phenols is 4. The Bertz CT molecular complexity index is 2870. The molecule has 314 valence electrons. The Hall–Kier alpha value is -8.23. The van der Waals surface area contributed by atoms with Crippen LogP contribution in [0.15, 0.2) is 185 Å². The number of aromatic hydroxyl groups is 4. The fourth-order valence-electron chi connectivity index (χ4n) is 8.07. The minimum atomic E-state index is 0.0287. The second-order valence-electron chi connectivity index (χ2n) is 16.0. The minimum Gasteiger partial charge on any atom is -0.507 e. The van der Waals surface area contributed by atoms with Gasteiger partial charge in [0, 0.05) is 101 Å². The second kappa shape index (κ2) is 18.8. The largest absolute Gasteiger partial charge is 0.507 e. The monoisotopic (exact) mass is 838 g/mol. The van der Waals surface area contributed by atoms with Gasteiger partial charge < -0.3 is 25.7 Å². The second-order valence-corrected chi connectivity index (χ2v) is 16.0. The molecule has 0 saturated heterocycles. The predicted molar refractivity (Wildman–Crippen MR) is 259 cm³/mol. The maximum atomic E-state index is 12.2. The summed E-state index contributed by atoms with van der Waals surface area (Å²) in [5, 5.41) is 52.2. The first-order valence-corrected chi connectivity index (χ1v) is 21.3. The highest BCUT2D eigenvalue weighted by Crippen LogP contribution is 2.42. The van der Waals surface area contributed by atoms with Gasteiger partial charge in [-0.1, -0.05) is 121 Å². The van der Waals surface area contributed by atoms with Crippen LogP contribution in [0.5, 0.6) is 23.0 Å². The van der Waals surface area contributed by atoms with Gasteiger partial charge in [-0.2, -0.15) is 0 Å². The Morgan fingerprint density at radius 2 is 0.625 bits per heavy atom. The zero-order valence-corrected chi connectivity index (χ0v) is 35.1. The lowest BCUT2D eigenvalue weighted by atomic mass is 9.90. The van der Waals surface area contributed by atoms with Crippen LogP contribution < -0.4 is 5.32 Å². The fraction of sp³-hybridized carbons (Fsp3) is 0.0893. The molecule has 0 aromatic heterocycles. The average Bonchev–Trinajstić information content (AvgIpc) is 3.32. The van der Waals surface area contributed by atoms with Crippen molar-refractivity contribution >= 4 is 41.4 Å². The normalized spacial score (nSPS) is 12.6. The number of hydrogen-bond acceptors (Lipinski definition) is 8. The molecule has 8 heteroatoms. The Labute approximate surface area is 372 Å². The summed E-state index contributed by atoms with van der Waals surface area (Å²) in [6.45, 7) is 0.543. The number of phenolic OH excluding ortho intramolecular Hbond substituents is 4. The van der Waals surface area contributed by atoms with E-state index in [4.69, 9.17) is 15.0 Å². The van der Waals surface area contributed by atoms with E-state index in [1.165, 1.54) is 0 Å². The third-order valence-electron chi connectivity index (χ3n) is 11.4. The highest BCUT2D eigenvalue weighted by molar-refractivity contribution is 5.84. The van der Waals surface area contributed by atoms with E-state index in [1.54, 1.807) is 18.6 Å². The molecule has 9 rings (SSSR count). The van der Waals surface area contributed by atoms with Crippen molar-refractivity contribution in [1.82, 2.24) is 0 Å². The van der Waals surface area contributed by atoms with E-state index in [2.05, 4.69) is 5.32 Å². The molecule has 0 fully saturated rings. The molecule has 8 aromatic carbocycles. The van der Waals surface area contributed by atoms with Gasteiger partial charge in [-0.15, -0.1) is 0 Å². The first-order chi connectivity index (χ1) is 31.3. The van der Waals surface area contributed by atoms with Gasteiger partial charge in [0.05, 0.1) is 17.1 Å². The molecule has 8 aromatic rings. The quantitative estimate of drug-likeness (QED) is 0.0730. The van der Waals surface area contributed by atoms with Crippen molar-refractivity contribution in [2.75, 3.05) is 5.32 Å². The Balaban J connectivity index is 1.23. The molecule has 1 aliphatic carbocycles. The van der Waals surface area contributed by atoms with Gasteiger partial charge in [0.25, 0.3) is 0 Å². The van der Waals surface area contributed by atoms with Gasteiger partial charge in [-0.25, -0.2) is 0 Å². The summed E-state index contributed by atoms with van der Waals surface area (Å²) < 4.78 is 0. The van der Waals surface area contributed by atoms with E-state index < -0.39 is 0 Å². The van der Waals surface area contributed by atoms with Gasteiger partial charge in [0.1, 0.15) is 23.0 Å². The fourth-order valence-corrected chi connectivity index (χ4v) is 8.07. The Morgan fingerprint density at radius 3 is 0.922 bits per heavy atom. The van der Waals surface area contributed by atoms with Gasteiger partial charge in [0.2, 0.25) is 0 Å². The third kappa shape index (κ3) is 9.77. The van der Waals surface area contributed by atoms with Crippen LogP contribution in [-0.4, -0.2) is 39.1 Å². The minimum absolute atomic E-state index is 0.0287. The number of nitrogens with zero attached hydrogens (tertiary/aromatic N) is 3. The van der Waals surface area contributed by atoms with E-state index in [1.807, 2.05) is 170 Å². The van der Waals surface area contributed by atoms with Crippen LogP contribution in [0.2, 0.25) is 0 Å². The highest BCUT2D eigenvalue weighted by Gasteiger charge is 2.22. The van der Waals surface area contributed by atoms with Crippen LogP contribution in [0.25, 0.3) is 0 Å². The van der Waals surface area contributed by atoms with E-state index >= 15 is 0 Å². The molecule has 0 aliphatic heterocycles. The Morgan fingerprint density at radius 1 is 0.359 bits per heavy atom. The highest BCUT2D eigenvalue weighted by atomic mass is 16.3. The number of anilines is 1. The molecule has 0 spiro atoms. The summed E-state index contributed by atoms with van der Waals surface area (Å²) in [4.78, 5) is 14.5. The van der Waals surface area contributed by atoms with Crippen molar-refractivity contribution in [3.63, 3.8) is 0 Å². The molecule has 5 N–H and O–H groups in total. The number of benzene rings is 8. The van der Waals surface area contributed by atoms with Crippen LogP contribution in [0, 0.1) is 0 Å². The summed E-state index contributed by atoms with van der Waals surface area (Å²) in [6, 6.07) is 54.2. The van der Waals surface area contributed by atoms with Crippen LogP contribution in [-0.2, 0) is 32.2 Å². The number of aliphatic imine (C=N–C) groups is 3. The van der Waals surface area contributed by atoms with E-state index in [0.717, 1.165) is 27.9 Å². The van der Waals surface area contributed by atoms with Crippen LogP contribution in [0.1, 0.15) is 66.8 Å². The molecule has 0 heterocycles. The van der Waals surface area contributed by atoms with Crippen molar-refractivity contribution in [3.8, 4) is 23.0 Å². The average molecular weight is 839 g/mol. The maximum Gasteiger partial charge on any atom is 0.122 e. The van der Waals surface area contributed by atoms with Gasteiger partial charge >= 0.3 is 0 Å². The SMILES string of the molecule is Oc1c2cc(N=Cc3ccccc3)cc1Cc1cc(N=Cc3ccccc3)cc(c1O)Cc1cc(NCc3ccccc3)cc(c1O)Cc1cc(N=Cc3ccccc3)cc(c1O)C2. The third-order valence-corrected chi connectivity index (χ3v) is 11.4. The van der Waals surface area contributed by atoms with Crippen LogP contribution in [0.4, 0.5) is 22.7 Å². The first kappa shape index (κ1) is 41.1. The molecule has 8 nitrogen and oxygen atoms in total. The topological polar surface area (TPSA) is 130 Å². The lowest BCUT2D eigenvalue weighted by Gasteiger charge is -2.19. The van der Waals surface area contributed by atoms with Crippen molar-refractivity contribution in [2.24, 2.45) is 15.0 Å². The van der Waals surface area contributed by atoms with Crippen LogP contribution in [0.3, 0.4) is 0 Å². The number of hydrogen-bond donors (Lipinski definition) is 5. The lowest BCUT2D eigenvalue weighted by Crippen LogP contribution is -2.04. The first-order valence-electron chi connectivity index (χ1n) is 21.3. The molecular weight excluding hydrogens is 793 g/mol. The number of rotatable bonds is 9. The molecular formula is C56H46N4O4. The molecule has 0 radical (unpaired) electrons. The molecule has 8 bridgehead atoms. The predicted octanol–water partition coefficient (Wildman–Crippen LogP) is 12.0. The molecule has 0 saturated carbocycles. The molecule has 1 aliphatic rings. The summed E-state index contributed by atoms with van der Waals surface area (Å²) in [5.74, 6) is 0.162. The molecule has 64 heavy (non-hydrogen) atoms. The number of fused-ring (bicyclic) bond motifs is 8. The lowest BCUT2D eigenvalue weighted by molar-refractivity contribution is 0.450. The van der Waals surface area contributed by atoms with E-state index in [9.17, 15) is 20.4 Å². The van der Waals surface area contributed by atoms with Crippen molar-refractivity contribution in [2.45, 2.75) is 32.2 Å². The van der Waals surface area contributed by atoms with Gasteiger partial charge in [-0.05, 0) is 70.8 Å². The van der Waals surface area contributed by atoms with Gasteiger partial charge in [-0.3, -0.25) is 15.0 Å². The van der Waals surface area contributed by atoms with E-state index in [-0.39, 0.29) is 48.7 Å². The van der Waals surface area contributed by atoms with Gasteiger partial charge in [0.15, 0.2) is 0 Å². The van der Waals surface area contributed by atoms with Crippen molar-refractivity contribution in [3.05, 3.63) is 237 Å². The molecule has 0 unspecified atom stereocenters. The summed E-state index contributed by atoms with van der Waals surface area (Å²) in [6.07, 6.45) is 5.92. The van der Waals surface area contributed by atoms with Crippen molar-refractivity contribution < 1.29 is 20.4 Å². The summed E-state index contributed by atoms with van der Waals surface area (Å²) in [7, 11) is 0. The zero-order chi connectivity index (χ0) is 43.8. The summed E-state index contributed by atoms with van der Waals surface area (Å²) in [5.41, 5.74) is 10.8. The molecule has 0 atom stereocenters. The molecule has 0 amide bonds. The standard InChI is InChI=1S/C56H46N4O4/c61-53-41-21-43-27-50(58-34-38-15-7-2-8-16-38)29-45(54(43)62)23-47-31-52(60-36-40-19-11-4-12-20-40)32-48(56(47)64)24-46-30-51(59-35-39-17-9-3-10-18-39)28-44(55(46)63)22-42(53)26-49(25-41)57-33-37-13-5-1-6-14-37/h1-20,25-35,60-64H,21-24,36H2. The Kier molecular flexibility index (Phi) is 12.1. The van der Waals surface area contributed by atoms with E-state index in [0.29, 0.717) is 68.1 Å². The smallest absolute Gasteiger partial charge is 0.122 e. The number of nitrogens with one attached hydrogen (secondary N) is 1. The summed E-state index contributed by atoms with van der Waals surface area (Å²) >= 11 is 0. The zero-order valence-electron chi connectivity index (χ0n) is 35.1. The maximum absolute atomic E-state index is 12.2. The van der Waals surface area contributed by atoms with Crippen molar-refractivity contribution in [1.29, 1.82) is 0 Å². The van der Waals surface area contributed by atoms with Crippen LogP contribution >= 0.6 is 0 Å².